The first kappa shape index (κ1) is 12.7. The Balaban J connectivity index is 2.52. The predicted octanol–water partition coefficient (Wildman–Crippen LogP) is 2.99. The second-order valence-electron chi connectivity index (χ2n) is 4.07. The molecule has 0 spiro atoms. The van der Waals surface area contributed by atoms with Crippen LogP contribution in [0.25, 0.3) is 0 Å². The van der Waals surface area contributed by atoms with E-state index >= 15 is 0 Å². The van der Waals surface area contributed by atoms with Crippen molar-refractivity contribution in [3.63, 3.8) is 0 Å². The minimum absolute atomic E-state index is 0.401. The van der Waals surface area contributed by atoms with Crippen molar-refractivity contribution in [3.8, 4) is 0 Å². The molecule has 0 amide bonds. The van der Waals surface area contributed by atoms with E-state index in [4.69, 9.17) is 5.73 Å². The van der Waals surface area contributed by atoms with Crippen LogP contribution < -0.4 is 5.73 Å². The van der Waals surface area contributed by atoms with E-state index in [9.17, 15) is 0 Å². The first-order valence-electron chi connectivity index (χ1n) is 5.69. The van der Waals surface area contributed by atoms with Crippen LogP contribution in [0.1, 0.15) is 33.6 Å². The average molecular weight is 233 g/mol. The Morgan fingerprint density at radius 1 is 1.21 bits per heavy atom. The van der Waals surface area contributed by atoms with Crippen molar-refractivity contribution < 1.29 is 0 Å². The van der Waals surface area contributed by atoms with Crippen molar-refractivity contribution in [2.75, 3.05) is 11.5 Å². The van der Waals surface area contributed by atoms with E-state index in [-0.39, 0.29) is 0 Å². The Morgan fingerprint density at radius 2 is 1.79 bits per heavy atom. The van der Waals surface area contributed by atoms with E-state index < -0.39 is 0 Å². The highest BCUT2D eigenvalue weighted by Gasteiger charge is 2.31. The minimum Gasteiger partial charge on any atom is -0.326 e. The molecule has 84 valence electrons. The van der Waals surface area contributed by atoms with Crippen LogP contribution in [0.3, 0.4) is 0 Å². The third-order valence-electron chi connectivity index (χ3n) is 3.21. The van der Waals surface area contributed by atoms with Crippen molar-refractivity contribution >= 4 is 23.5 Å². The molecule has 0 aromatic carbocycles. The highest BCUT2D eigenvalue weighted by molar-refractivity contribution is 8.07. The summed E-state index contributed by atoms with van der Waals surface area (Å²) >= 11 is 4.18. The van der Waals surface area contributed by atoms with E-state index in [2.05, 4.69) is 44.3 Å². The van der Waals surface area contributed by atoms with E-state index in [1.165, 1.54) is 24.3 Å². The van der Waals surface area contributed by atoms with Crippen LogP contribution in [0.15, 0.2) is 0 Å². The lowest BCUT2D eigenvalue weighted by Gasteiger charge is -2.36. The monoisotopic (exact) mass is 233 g/mol. The molecule has 1 rings (SSSR count). The molecule has 1 saturated heterocycles. The molecule has 3 atom stereocenters. The SMILES string of the molecule is CCC(CC)C(N)C1SCCSC1C. The summed E-state index contributed by atoms with van der Waals surface area (Å²) in [7, 11) is 0. The van der Waals surface area contributed by atoms with Gasteiger partial charge in [0.05, 0.1) is 0 Å². The summed E-state index contributed by atoms with van der Waals surface area (Å²) in [6, 6.07) is 0.401. The standard InChI is InChI=1S/C11H23NS2/c1-4-9(5-2)10(12)11-8(3)13-6-7-14-11/h8-11H,4-7,12H2,1-3H3. The Bertz CT molecular complexity index is 159. The molecule has 3 heteroatoms. The number of hydrogen-bond acceptors (Lipinski definition) is 3. The molecule has 0 aliphatic carbocycles. The second kappa shape index (κ2) is 6.29. The third kappa shape index (κ3) is 3.07. The number of rotatable bonds is 4. The maximum absolute atomic E-state index is 6.37. The van der Waals surface area contributed by atoms with Crippen LogP contribution in [-0.4, -0.2) is 28.0 Å². The largest absolute Gasteiger partial charge is 0.326 e. The van der Waals surface area contributed by atoms with Gasteiger partial charge in [-0.1, -0.05) is 33.6 Å². The molecule has 2 N–H and O–H groups in total. The van der Waals surface area contributed by atoms with Crippen molar-refractivity contribution in [1.29, 1.82) is 0 Å². The zero-order valence-electron chi connectivity index (χ0n) is 9.53. The van der Waals surface area contributed by atoms with E-state index in [1.807, 2.05) is 0 Å². The van der Waals surface area contributed by atoms with Gasteiger partial charge in [-0.05, 0) is 5.92 Å². The molecule has 0 radical (unpaired) electrons. The molecule has 1 nitrogen and oxygen atoms in total. The summed E-state index contributed by atoms with van der Waals surface area (Å²) in [5, 5.41) is 1.42. The molecule has 0 aromatic heterocycles. The summed E-state index contributed by atoms with van der Waals surface area (Å²) < 4.78 is 0. The molecule has 0 bridgehead atoms. The van der Waals surface area contributed by atoms with Gasteiger partial charge in [-0.3, -0.25) is 0 Å². The fourth-order valence-electron chi connectivity index (χ4n) is 2.17. The summed E-state index contributed by atoms with van der Waals surface area (Å²) in [6.07, 6.45) is 2.46. The van der Waals surface area contributed by atoms with Crippen LogP contribution in [-0.2, 0) is 0 Å². The van der Waals surface area contributed by atoms with Crippen LogP contribution in [0.5, 0.6) is 0 Å². The van der Waals surface area contributed by atoms with Gasteiger partial charge < -0.3 is 5.73 Å². The number of nitrogens with two attached hydrogens (primary N) is 1. The molecule has 1 heterocycles. The van der Waals surface area contributed by atoms with Gasteiger partial charge in [-0.2, -0.15) is 23.5 Å². The number of thioether (sulfide) groups is 2. The Labute approximate surface area is 97.0 Å². The lowest BCUT2D eigenvalue weighted by Crippen LogP contribution is -2.45. The van der Waals surface area contributed by atoms with Gasteiger partial charge in [0, 0.05) is 28.0 Å². The third-order valence-corrected chi connectivity index (χ3v) is 6.45. The van der Waals surface area contributed by atoms with Gasteiger partial charge in [0.1, 0.15) is 0 Å². The maximum atomic E-state index is 6.37. The first-order chi connectivity index (χ1) is 6.70. The smallest absolute Gasteiger partial charge is 0.0318 e. The summed E-state index contributed by atoms with van der Waals surface area (Å²) in [5.41, 5.74) is 6.37. The lowest BCUT2D eigenvalue weighted by atomic mass is 9.91. The zero-order chi connectivity index (χ0) is 10.6. The first-order valence-corrected chi connectivity index (χ1v) is 7.79. The topological polar surface area (TPSA) is 26.0 Å². The van der Waals surface area contributed by atoms with Crippen LogP contribution in [0.2, 0.25) is 0 Å². The molecule has 0 saturated carbocycles. The van der Waals surface area contributed by atoms with Crippen molar-refractivity contribution in [2.24, 2.45) is 11.7 Å². The van der Waals surface area contributed by atoms with Crippen LogP contribution >= 0.6 is 23.5 Å². The summed E-state index contributed by atoms with van der Waals surface area (Å²) in [5.74, 6) is 3.31. The minimum atomic E-state index is 0.401. The van der Waals surface area contributed by atoms with Crippen molar-refractivity contribution in [2.45, 2.75) is 50.2 Å². The summed E-state index contributed by atoms with van der Waals surface area (Å²) in [4.78, 5) is 0. The predicted molar refractivity (Wildman–Crippen MR) is 70.2 cm³/mol. The fraction of sp³-hybridized carbons (Fsp3) is 1.00. The fourth-order valence-corrected chi connectivity index (χ4v) is 5.15. The molecular formula is C11H23NS2. The summed E-state index contributed by atoms with van der Waals surface area (Å²) in [6.45, 7) is 6.86. The quantitative estimate of drug-likeness (QED) is 0.808. The van der Waals surface area contributed by atoms with Crippen LogP contribution in [0.4, 0.5) is 0 Å². The number of hydrogen-bond donors (Lipinski definition) is 1. The molecule has 0 aromatic rings. The average Bonchev–Trinajstić information content (AvgIpc) is 2.20. The van der Waals surface area contributed by atoms with Gasteiger partial charge >= 0.3 is 0 Å². The van der Waals surface area contributed by atoms with Crippen molar-refractivity contribution in [3.05, 3.63) is 0 Å². The van der Waals surface area contributed by atoms with E-state index in [0.29, 0.717) is 17.2 Å². The Hall–Kier alpha value is 0.660. The maximum Gasteiger partial charge on any atom is 0.0318 e. The highest BCUT2D eigenvalue weighted by atomic mass is 32.2. The highest BCUT2D eigenvalue weighted by Crippen LogP contribution is 2.35. The van der Waals surface area contributed by atoms with Gasteiger partial charge in [0.15, 0.2) is 0 Å². The van der Waals surface area contributed by atoms with Crippen molar-refractivity contribution in [1.82, 2.24) is 0 Å². The van der Waals surface area contributed by atoms with Crippen LogP contribution in [0, 0.1) is 5.92 Å². The molecule has 3 unspecified atom stereocenters. The Morgan fingerprint density at radius 3 is 2.29 bits per heavy atom. The van der Waals surface area contributed by atoms with Gasteiger partial charge in [0.2, 0.25) is 0 Å². The van der Waals surface area contributed by atoms with Gasteiger partial charge in [-0.15, -0.1) is 0 Å². The second-order valence-corrected chi connectivity index (χ2v) is 6.84. The van der Waals surface area contributed by atoms with Gasteiger partial charge in [0.25, 0.3) is 0 Å². The molecule has 1 aliphatic heterocycles. The normalized spacial score (nSPS) is 30.6. The molecule has 1 fully saturated rings. The lowest BCUT2D eigenvalue weighted by molar-refractivity contribution is 0.384. The molecule has 1 aliphatic rings. The van der Waals surface area contributed by atoms with E-state index in [0.717, 1.165) is 5.25 Å². The molecular weight excluding hydrogens is 210 g/mol. The molecule has 14 heavy (non-hydrogen) atoms. The Kier molecular flexibility index (Phi) is 5.72. The van der Waals surface area contributed by atoms with Gasteiger partial charge in [-0.25, -0.2) is 0 Å². The van der Waals surface area contributed by atoms with E-state index in [1.54, 1.807) is 0 Å². The zero-order valence-corrected chi connectivity index (χ0v) is 11.2.